The summed E-state index contributed by atoms with van der Waals surface area (Å²) in [5, 5.41) is 29.7. The van der Waals surface area contributed by atoms with Gasteiger partial charge in [0.05, 0.1) is 0 Å². The fraction of sp³-hybridized carbons (Fsp3) is 0.429. The summed E-state index contributed by atoms with van der Waals surface area (Å²) in [6.07, 6.45) is -2.44. The van der Waals surface area contributed by atoms with E-state index in [1.807, 2.05) is 13.8 Å². The summed E-state index contributed by atoms with van der Waals surface area (Å²) in [7, 11) is 1.50. The van der Waals surface area contributed by atoms with Crippen LogP contribution < -0.4 is 27.8 Å². The summed E-state index contributed by atoms with van der Waals surface area (Å²) in [6, 6.07) is 13.1. The van der Waals surface area contributed by atoms with Crippen molar-refractivity contribution >= 4 is 39.1 Å². The highest BCUT2D eigenvalue weighted by atomic mass is 16.6. The van der Waals surface area contributed by atoms with E-state index in [4.69, 9.17) is 16.2 Å². The maximum atomic E-state index is 10.5. The van der Waals surface area contributed by atoms with Gasteiger partial charge in [0.2, 0.25) is 0 Å². The van der Waals surface area contributed by atoms with E-state index in [0.717, 1.165) is 6.54 Å². The van der Waals surface area contributed by atoms with Crippen LogP contribution in [0.1, 0.15) is 25.0 Å². The Hall–Kier alpha value is -3.48. The molecular weight excluding hydrogens is 496 g/mol. The number of hydrogen-bond donors (Lipinski definition) is 7. The largest absolute Gasteiger partial charge is 0.393 e. The summed E-state index contributed by atoms with van der Waals surface area (Å²) in [4.78, 5) is 7.85. The second-order valence-corrected chi connectivity index (χ2v) is 9.14. The minimum absolute atomic E-state index is 0.129. The third kappa shape index (κ3) is 6.40. The first-order valence-corrected chi connectivity index (χ1v) is 13.2. The molecule has 0 radical (unpaired) electrons. The zero-order chi connectivity index (χ0) is 28.7. The van der Waals surface area contributed by atoms with Gasteiger partial charge in [-0.25, -0.2) is 9.97 Å². The SMILES string of the molecule is CC.CN.Cc1ccc2c(c1)c1ccc(C)cc1n2CCNCC1OC(Nc2ncnc(N)c2N)C(O)C1O. The number of nitrogen functional groups attached to an aromatic ring is 2. The molecule has 0 saturated carbocycles. The number of anilines is 3. The average molecular weight is 539 g/mol. The van der Waals surface area contributed by atoms with Crippen molar-refractivity contribution in [1.82, 2.24) is 19.9 Å². The number of hydrogen-bond acceptors (Lipinski definition) is 10. The van der Waals surface area contributed by atoms with E-state index in [0.29, 0.717) is 13.1 Å². The predicted molar refractivity (Wildman–Crippen MR) is 158 cm³/mol. The Labute approximate surface area is 229 Å². The first kappa shape index (κ1) is 30.1. The van der Waals surface area contributed by atoms with Crippen LogP contribution in [-0.2, 0) is 11.3 Å². The number of benzene rings is 2. The molecule has 39 heavy (non-hydrogen) atoms. The van der Waals surface area contributed by atoms with Crippen LogP contribution in [0.25, 0.3) is 21.8 Å². The van der Waals surface area contributed by atoms with Crippen molar-refractivity contribution in [2.45, 2.75) is 58.8 Å². The summed E-state index contributed by atoms with van der Waals surface area (Å²) < 4.78 is 8.17. The van der Waals surface area contributed by atoms with Gasteiger partial charge in [-0.05, 0) is 44.7 Å². The van der Waals surface area contributed by atoms with Gasteiger partial charge in [-0.2, -0.15) is 0 Å². The quantitative estimate of drug-likeness (QED) is 0.172. The van der Waals surface area contributed by atoms with E-state index in [1.54, 1.807) is 0 Å². The molecule has 11 nitrogen and oxygen atoms in total. The smallest absolute Gasteiger partial charge is 0.158 e. The monoisotopic (exact) mass is 538 g/mol. The van der Waals surface area contributed by atoms with Gasteiger partial charge in [-0.1, -0.05) is 37.6 Å². The molecule has 0 bridgehead atoms. The van der Waals surface area contributed by atoms with Gasteiger partial charge in [0.15, 0.2) is 17.9 Å². The van der Waals surface area contributed by atoms with Gasteiger partial charge in [-0.3, -0.25) is 0 Å². The van der Waals surface area contributed by atoms with E-state index in [1.165, 1.54) is 46.3 Å². The van der Waals surface area contributed by atoms with Crippen molar-refractivity contribution in [2.75, 3.05) is 36.9 Å². The molecule has 10 N–H and O–H groups in total. The highest BCUT2D eigenvalue weighted by Gasteiger charge is 2.42. The van der Waals surface area contributed by atoms with Crippen LogP contribution in [0.2, 0.25) is 0 Å². The number of nitrogens with two attached hydrogens (primary N) is 3. The van der Waals surface area contributed by atoms with Crippen LogP contribution in [0.4, 0.5) is 17.3 Å². The van der Waals surface area contributed by atoms with Crippen LogP contribution in [0, 0.1) is 13.8 Å². The minimum atomic E-state index is -1.15. The zero-order valence-electron chi connectivity index (χ0n) is 23.3. The molecule has 0 amide bonds. The van der Waals surface area contributed by atoms with E-state index >= 15 is 0 Å². The molecule has 212 valence electrons. The van der Waals surface area contributed by atoms with Gasteiger partial charge in [0.1, 0.15) is 30.3 Å². The van der Waals surface area contributed by atoms with Gasteiger partial charge < -0.3 is 47.4 Å². The molecule has 0 aliphatic carbocycles. The van der Waals surface area contributed by atoms with E-state index in [9.17, 15) is 10.2 Å². The lowest BCUT2D eigenvalue weighted by atomic mass is 10.1. The fourth-order valence-corrected chi connectivity index (χ4v) is 4.70. The Kier molecular flexibility index (Phi) is 10.4. The van der Waals surface area contributed by atoms with Crippen molar-refractivity contribution < 1.29 is 14.9 Å². The standard InChI is InChI=1S/C25H31N7O3.C2H6.CH5N/c1-13-4-6-17-16(9-13)15-5-3-14(2)10-18(15)32(17)8-7-28-11-19-21(33)22(34)25(35-19)31-24-20(26)23(27)29-12-30-24;2*1-2/h3-6,9-10,12,19,21-22,25,28,33-34H,7-8,11,26H2,1-2H3,(H3,27,29,30,31);1-2H3;2H2,1H3. The molecule has 1 aliphatic heterocycles. The number of nitrogens with zero attached hydrogens (tertiary/aromatic N) is 3. The topological polar surface area (TPSA) is 183 Å². The van der Waals surface area contributed by atoms with E-state index in [-0.39, 0.29) is 17.3 Å². The Morgan fingerprint density at radius 3 is 2.36 bits per heavy atom. The summed E-state index contributed by atoms with van der Waals surface area (Å²) in [5.74, 6) is 0.378. The van der Waals surface area contributed by atoms with Crippen molar-refractivity contribution in [3.63, 3.8) is 0 Å². The van der Waals surface area contributed by atoms with Crippen LogP contribution >= 0.6 is 0 Å². The molecular formula is C28H42N8O3. The zero-order valence-corrected chi connectivity index (χ0v) is 23.3. The van der Waals surface area contributed by atoms with Crippen molar-refractivity contribution in [3.8, 4) is 0 Å². The highest BCUT2D eigenvalue weighted by Crippen LogP contribution is 2.30. The number of nitrogens with one attached hydrogen (secondary N) is 2. The van der Waals surface area contributed by atoms with Crippen molar-refractivity contribution in [3.05, 3.63) is 53.9 Å². The number of aliphatic hydroxyl groups is 2. The molecule has 1 fully saturated rings. The summed E-state index contributed by atoms with van der Waals surface area (Å²) in [5.41, 5.74) is 21.1. The predicted octanol–water partition coefficient (Wildman–Crippen LogP) is 2.12. The molecule has 4 aromatic rings. The number of aromatic nitrogens is 3. The lowest BCUT2D eigenvalue weighted by Gasteiger charge is -2.18. The van der Waals surface area contributed by atoms with Crippen LogP contribution in [-0.4, -0.2) is 69.4 Å². The number of rotatable bonds is 7. The van der Waals surface area contributed by atoms with Gasteiger partial charge in [-0.15, -0.1) is 0 Å². The van der Waals surface area contributed by atoms with Crippen LogP contribution in [0.15, 0.2) is 42.7 Å². The molecule has 4 unspecified atom stereocenters. The lowest BCUT2D eigenvalue weighted by molar-refractivity contribution is 0.0194. The second kappa shape index (κ2) is 13.5. The third-order valence-electron chi connectivity index (χ3n) is 6.59. The maximum Gasteiger partial charge on any atom is 0.158 e. The molecule has 5 rings (SSSR count). The van der Waals surface area contributed by atoms with E-state index in [2.05, 4.69) is 81.1 Å². The van der Waals surface area contributed by atoms with Gasteiger partial charge in [0, 0.05) is 41.4 Å². The summed E-state index contributed by atoms with van der Waals surface area (Å²) >= 11 is 0. The van der Waals surface area contributed by atoms with Crippen LogP contribution in [0.5, 0.6) is 0 Å². The van der Waals surface area contributed by atoms with Crippen molar-refractivity contribution in [2.24, 2.45) is 5.73 Å². The fourth-order valence-electron chi connectivity index (χ4n) is 4.70. The lowest BCUT2D eigenvalue weighted by Crippen LogP contribution is -2.39. The van der Waals surface area contributed by atoms with E-state index < -0.39 is 24.5 Å². The summed E-state index contributed by atoms with van der Waals surface area (Å²) in [6.45, 7) is 9.99. The molecule has 1 saturated heterocycles. The Balaban J connectivity index is 0.00000100. The number of aliphatic hydroxyl groups excluding tert-OH is 2. The third-order valence-corrected chi connectivity index (χ3v) is 6.59. The molecule has 2 aromatic heterocycles. The van der Waals surface area contributed by atoms with Gasteiger partial charge >= 0.3 is 0 Å². The minimum Gasteiger partial charge on any atom is -0.393 e. The average Bonchev–Trinajstić information content (AvgIpc) is 3.39. The maximum absolute atomic E-state index is 10.5. The van der Waals surface area contributed by atoms with Crippen molar-refractivity contribution in [1.29, 1.82) is 0 Å². The van der Waals surface area contributed by atoms with Crippen LogP contribution in [0.3, 0.4) is 0 Å². The Morgan fingerprint density at radius 2 is 1.62 bits per heavy atom. The molecule has 11 heteroatoms. The van der Waals surface area contributed by atoms with Gasteiger partial charge in [0.25, 0.3) is 0 Å². The molecule has 4 atom stereocenters. The number of ether oxygens (including phenoxy) is 1. The molecule has 1 aliphatic rings. The first-order valence-electron chi connectivity index (χ1n) is 13.2. The first-order chi connectivity index (χ1) is 18.8. The number of aryl methyl sites for hydroxylation is 2. The number of fused-ring (bicyclic) bond motifs is 3. The second-order valence-electron chi connectivity index (χ2n) is 9.14. The normalized spacial score (nSPS) is 20.3. The Bertz CT molecular complexity index is 1380. The molecule has 3 heterocycles. The Morgan fingerprint density at radius 1 is 0.923 bits per heavy atom. The highest BCUT2D eigenvalue weighted by molar-refractivity contribution is 6.08. The molecule has 2 aromatic carbocycles. The molecule has 0 spiro atoms.